The highest BCUT2D eigenvalue weighted by Crippen LogP contribution is 2.34. The van der Waals surface area contributed by atoms with Crippen molar-refractivity contribution in [1.29, 1.82) is 0 Å². The van der Waals surface area contributed by atoms with E-state index in [-0.39, 0.29) is 11.9 Å². The standard InChI is InChI=1S/C20H22N2O2S/c1-14(18-12-15-6-2-3-8-17(15)24-18)21-20(23)13-22-10-4-7-16(22)19-9-5-11-25-19/h2-3,5-6,8-9,11-12,14,16H,4,7,10,13H2,1H3,(H,21,23)/t14-,16+/m1/s1. The molecule has 2 atom stereocenters. The number of hydrogen-bond donors (Lipinski definition) is 1. The van der Waals surface area contributed by atoms with Crippen molar-refractivity contribution >= 4 is 28.2 Å². The average Bonchev–Trinajstić information content (AvgIpc) is 3.34. The molecule has 1 N–H and O–H groups in total. The number of nitrogens with one attached hydrogen (secondary N) is 1. The molecular weight excluding hydrogens is 332 g/mol. The van der Waals surface area contributed by atoms with Crippen molar-refractivity contribution in [1.82, 2.24) is 10.2 Å². The van der Waals surface area contributed by atoms with E-state index in [0.29, 0.717) is 12.6 Å². The monoisotopic (exact) mass is 354 g/mol. The second-order valence-corrected chi connectivity index (χ2v) is 7.60. The Bertz CT molecular complexity index is 823. The van der Waals surface area contributed by atoms with Crippen molar-refractivity contribution in [2.45, 2.75) is 31.8 Å². The van der Waals surface area contributed by atoms with Gasteiger partial charge in [0.25, 0.3) is 0 Å². The van der Waals surface area contributed by atoms with Gasteiger partial charge in [-0.1, -0.05) is 24.3 Å². The number of furan rings is 1. The Morgan fingerprint density at radius 2 is 2.24 bits per heavy atom. The fourth-order valence-electron chi connectivity index (χ4n) is 3.58. The molecule has 4 nitrogen and oxygen atoms in total. The van der Waals surface area contributed by atoms with E-state index in [9.17, 15) is 4.79 Å². The lowest BCUT2D eigenvalue weighted by Gasteiger charge is -2.23. The molecule has 1 fully saturated rings. The van der Waals surface area contributed by atoms with Gasteiger partial charge in [0.1, 0.15) is 11.3 Å². The number of fused-ring (bicyclic) bond motifs is 1. The van der Waals surface area contributed by atoms with E-state index in [0.717, 1.165) is 36.1 Å². The van der Waals surface area contributed by atoms with Crippen LogP contribution in [0.25, 0.3) is 11.0 Å². The third-order valence-electron chi connectivity index (χ3n) is 4.83. The molecule has 4 rings (SSSR count). The van der Waals surface area contributed by atoms with Gasteiger partial charge >= 0.3 is 0 Å². The normalized spacial score (nSPS) is 19.3. The number of likely N-dealkylation sites (tertiary alicyclic amines) is 1. The minimum Gasteiger partial charge on any atom is -0.459 e. The van der Waals surface area contributed by atoms with E-state index in [1.165, 1.54) is 4.88 Å². The molecule has 5 heteroatoms. The van der Waals surface area contributed by atoms with E-state index in [1.54, 1.807) is 11.3 Å². The van der Waals surface area contributed by atoms with Gasteiger partial charge in [0.05, 0.1) is 12.6 Å². The maximum atomic E-state index is 12.5. The number of thiophene rings is 1. The van der Waals surface area contributed by atoms with Gasteiger partial charge in [0.15, 0.2) is 0 Å². The molecule has 25 heavy (non-hydrogen) atoms. The minimum absolute atomic E-state index is 0.0522. The maximum absolute atomic E-state index is 12.5. The Balaban J connectivity index is 1.39. The van der Waals surface area contributed by atoms with Gasteiger partial charge in [-0.3, -0.25) is 9.69 Å². The average molecular weight is 354 g/mol. The van der Waals surface area contributed by atoms with Crippen molar-refractivity contribution in [3.63, 3.8) is 0 Å². The van der Waals surface area contributed by atoms with Crippen LogP contribution in [0.15, 0.2) is 52.3 Å². The van der Waals surface area contributed by atoms with Gasteiger partial charge < -0.3 is 9.73 Å². The zero-order chi connectivity index (χ0) is 17.2. The first-order valence-corrected chi connectivity index (χ1v) is 9.64. The number of carbonyl (C=O) groups excluding carboxylic acids is 1. The van der Waals surface area contributed by atoms with Gasteiger partial charge in [-0.25, -0.2) is 0 Å². The Morgan fingerprint density at radius 1 is 1.36 bits per heavy atom. The number of benzene rings is 1. The van der Waals surface area contributed by atoms with Crippen LogP contribution in [0.4, 0.5) is 0 Å². The molecule has 2 aromatic heterocycles. The van der Waals surface area contributed by atoms with Crippen molar-refractivity contribution in [2.75, 3.05) is 13.1 Å². The third-order valence-corrected chi connectivity index (χ3v) is 5.80. The summed E-state index contributed by atoms with van der Waals surface area (Å²) in [4.78, 5) is 16.2. The Hall–Kier alpha value is -2.11. The first-order chi connectivity index (χ1) is 12.2. The number of carbonyl (C=O) groups is 1. The van der Waals surface area contributed by atoms with E-state index in [4.69, 9.17) is 4.42 Å². The molecule has 0 aliphatic carbocycles. The second-order valence-electron chi connectivity index (χ2n) is 6.62. The SMILES string of the molecule is C[C@@H](NC(=O)CN1CCC[C@H]1c1cccs1)c1cc2ccccc2o1. The van der Waals surface area contributed by atoms with Crippen molar-refractivity contribution in [3.05, 3.63) is 58.5 Å². The quantitative estimate of drug-likeness (QED) is 0.733. The summed E-state index contributed by atoms with van der Waals surface area (Å²) in [5.74, 6) is 0.849. The van der Waals surface area contributed by atoms with E-state index in [1.807, 2.05) is 37.3 Å². The third kappa shape index (κ3) is 3.48. The number of amides is 1. The highest BCUT2D eigenvalue weighted by atomic mass is 32.1. The minimum atomic E-state index is -0.136. The number of rotatable bonds is 5. The summed E-state index contributed by atoms with van der Waals surface area (Å²) in [6.07, 6.45) is 2.28. The smallest absolute Gasteiger partial charge is 0.234 e. The molecule has 0 bridgehead atoms. The zero-order valence-corrected chi connectivity index (χ0v) is 15.1. The van der Waals surface area contributed by atoms with Crippen LogP contribution in [-0.2, 0) is 4.79 Å². The van der Waals surface area contributed by atoms with Gasteiger partial charge in [-0.05, 0) is 49.9 Å². The highest BCUT2D eigenvalue weighted by molar-refractivity contribution is 7.10. The molecule has 130 valence electrons. The summed E-state index contributed by atoms with van der Waals surface area (Å²) < 4.78 is 5.85. The topological polar surface area (TPSA) is 45.5 Å². The second kappa shape index (κ2) is 7.02. The summed E-state index contributed by atoms with van der Waals surface area (Å²) in [5, 5.41) is 6.25. The van der Waals surface area contributed by atoms with Crippen LogP contribution in [0.1, 0.15) is 42.5 Å². The van der Waals surface area contributed by atoms with Crippen LogP contribution in [0.2, 0.25) is 0 Å². The van der Waals surface area contributed by atoms with Crippen LogP contribution in [0.3, 0.4) is 0 Å². The fraction of sp³-hybridized carbons (Fsp3) is 0.350. The van der Waals surface area contributed by atoms with Gasteiger partial charge in [0, 0.05) is 16.3 Å². The fourth-order valence-corrected chi connectivity index (χ4v) is 4.47. The van der Waals surface area contributed by atoms with E-state index < -0.39 is 0 Å². The maximum Gasteiger partial charge on any atom is 0.234 e. The molecule has 0 unspecified atom stereocenters. The summed E-state index contributed by atoms with van der Waals surface area (Å²) in [7, 11) is 0. The molecule has 0 radical (unpaired) electrons. The summed E-state index contributed by atoms with van der Waals surface area (Å²) >= 11 is 1.78. The van der Waals surface area contributed by atoms with E-state index >= 15 is 0 Å². The van der Waals surface area contributed by atoms with E-state index in [2.05, 4.69) is 27.7 Å². The summed E-state index contributed by atoms with van der Waals surface area (Å²) in [6.45, 7) is 3.39. The molecule has 3 aromatic rings. The molecule has 1 aliphatic heterocycles. The Kier molecular flexibility index (Phi) is 4.59. The highest BCUT2D eigenvalue weighted by Gasteiger charge is 2.28. The lowest BCUT2D eigenvalue weighted by atomic mass is 10.2. The predicted molar refractivity (Wildman–Crippen MR) is 101 cm³/mol. The molecule has 1 amide bonds. The van der Waals surface area contributed by atoms with Gasteiger partial charge in [0.2, 0.25) is 5.91 Å². The van der Waals surface area contributed by atoms with Crippen LogP contribution >= 0.6 is 11.3 Å². The molecular formula is C20H22N2O2S. The van der Waals surface area contributed by atoms with Crippen molar-refractivity contribution in [3.8, 4) is 0 Å². The van der Waals surface area contributed by atoms with Crippen LogP contribution in [0, 0.1) is 0 Å². The lowest BCUT2D eigenvalue weighted by Crippen LogP contribution is -2.37. The van der Waals surface area contributed by atoms with Gasteiger partial charge in [-0.15, -0.1) is 11.3 Å². The number of nitrogens with zero attached hydrogens (tertiary/aromatic N) is 1. The van der Waals surface area contributed by atoms with Crippen molar-refractivity contribution in [2.24, 2.45) is 0 Å². The lowest BCUT2D eigenvalue weighted by molar-refractivity contribution is -0.123. The first-order valence-electron chi connectivity index (χ1n) is 8.76. The Labute approximate surface area is 151 Å². The number of hydrogen-bond acceptors (Lipinski definition) is 4. The molecule has 3 heterocycles. The van der Waals surface area contributed by atoms with Crippen LogP contribution in [-0.4, -0.2) is 23.9 Å². The molecule has 1 saturated heterocycles. The summed E-state index contributed by atoms with van der Waals surface area (Å²) in [5.41, 5.74) is 0.857. The Morgan fingerprint density at radius 3 is 3.04 bits per heavy atom. The molecule has 1 aromatic carbocycles. The predicted octanol–water partition coefficient (Wildman–Crippen LogP) is 4.51. The van der Waals surface area contributed by atoms with Gasteiger partial charge in [-0.2, -0.15) is 0 Å². The molecule has 0 saturated carbocycles. The van der Waals surface area contributed by atoms with Crippen molar-refractivity contribution < 1.29 is 9.21 Å². The van der Waals surface area contributed by atoms with Crippen LogP contribution < -0.4 is 5.32 Å². The zero-order valence-electron chi connectivity index (χ0n) is 14.3. The first kappa shape index (κ1) is 16.4. The molecule has 0 spiro atoms. The molecule has 1 aliphatic rings. The largest absolute Gasteiger partial charge is 0.459 e. The summed E-state index contributed by atoms with van der Waals surface area (Å²) in [6, 6.07) is 14.4. The number of para-hydroxylation sites is 1. The van der Waals surface area contributed by atoms with Crippen LogP contribution in [0.5, 0.6) is 0 Å².